The number of rotatable bonds is 3. The summed E-state index contributed by atoms with van der Waals surface area (Å²) >= 11 is 0. The second-order valence-electron chi connectivity index (χ2n) is 6.96. The van der Waals surface area contributed by atoms with Gasteiger partial charge < -0.3 is 5.32 Å². The fourth-order valence-electron chi connectivity index (χ4n) is 3.88. The molecule has 1 N–H and O–H groups in total. The molecule has 1 fully saturated rings. The van der Waals surface area contributed by atoms with Gasteiger partial charge in [-0.3, -0.25) is 0 Å². The Morgan fingerprint density at radius 1 is 1.11 bits per heavy atom. The molecule has 1 aromatic rings. The van der Waals surface area contributed by atoms with Crippen LogP contribution in [0.4, 0.5) is 0 Å². The maximum atomic E-state index is 3.95. The van der Waals surface area contributed by atoms with E-state index in [4.69, 9.17) is 0 Å². The lowest BCUT2D eigenvalue weighted by atomic mass is 9.75. The lowest BCUT2D eigenvalue weighted by molar-refractivity contribution is 0.202. The third kappa shape index (κ3) is 3.02. The Labute approximate surface area is 117 Å². The van der Waals surface area contributed by atoms with Gasteiger partial charge >= 0.3 is 0 Å². The van der Waals surface area contributed by atoms with Crippen LogP contribution in [0.3, 0.4) is 0 Å². The number of hydrogen-bond acceptors (Lipinski definition) is 1. The van der Waals surface area contributed by atoms with Crippen LogP contribution < -0.4 is 5.32 Å². The van der Waals surface area contributed by atoms with Crippen molar-refractivity contribution < 1.29 is 0 Å². The van der Waals surface area contributed by atoms with E-state index in [1.807, 2.05) is 0 Å². The monoisotopic (exact) mass is 257 g/mol. The fraction of sp³-hybridized carbons (Fsp3) is 0.667. The second kappa shape index (κ2) is 5.66. The summed E-state index contributed by atoms with van der Waals surface area (Å²) in [6, 6.07) is 10.6. The third-order valence-electron chi connectivity index (χ3n) is 5.03. The van der Waals surface area contributed by atoms with Crippen LogP contribution in [0.2, 0.25) is 0 Å². The highest BCUT2D eigenvalue weighted by atomic mass is 15.0. The summed E-state index contributed by atoms with van der Waals surface area (Å²) in [6.45, 7) is 4.69. The molecule has 4 rings (SSSR count). The average Bonchev–Trinajstić information content (AvgIpc) is 2.36. The molecule has 1 saturated heterocycles. The predicted molar refractivity (Wildman–Crippen MR) is 81.4 cm³/mol. The maximum absolute atomic E-state index is 3.95. The molecule has 0 amide bonds. The van der Waals surface area contributed by atoms with Gasteiger partial charge in [0, 0.05) is 12.1 Å². The van der Waals surface area contributed by atoms with Crippen molar-refractivity contribution in [1.29, 1.82) is 0 Å². The van der Waals surface area contributed by atoms with Gasteiger partial charge in [-0.2, -0.15) is 0 Å². The van der Waals surface area contributed by atoms with Crippen molar-refractivity contribution in [2.45, 2.75) is 64.5 Å². The number of benzene rings is 1. The number of piperidine rings is 1. The Bertz CT molecular complexity index is 423. The van der Waals surface area contributed by atoms with Crippen LogP contribution in [0, 0.1) is 11.8 Å². The zero-order valence-electron chi connectivity index (χ0n) is 12.4. The lowest BCUT2D eigenvalue weighted by Gasteiger charge is -2.41. The quantitative estimate of drug-likeness (QED) is 0.864. The summed E-state index contributed by atoms with van der Waals surface area (Å²) in [6.07, 6.45) is 8.05. The molecule has 0 aromatic heterocycles. The standard InChI is InChI=1S/C18H27N/c1-13(2)7-10-18-16-8-9-17(19-18)12-15-6-4-3-5-14(15)11-16/h3-6,13,16-19H,7-12H2,1-2H3/t16-,17+,18-/m1/s1. The first-order valence-electron chi connectivity index (χ1n) is 8.05. The highest BCUT2D eigenvalue weighted by Crippen LogP contribution is 2.32. The summed E-state index contributed by atoms with van der Waals surface area (Å²) in [5.74, 6) is 1.69. The minimum atomic E-state index is 0.717. The van der Waals surface area contributed by atoms with E-state index < -0.39 is 0 Å². The molecule has 1 aromatic carbocycles. The number of nitrogens with one attached hydrogen (secondary N) is 1. The first-order chi connectivity index (χ1) is 9.22. The molecule has 3 atom stereocenters. The minimum Gasteiger partial charge on any atom is -0.311 e. The Kier molecular flexibility index (Phi) is 3.93. The Morgan fingerprint density at radius 3 is 2.58 bits per heavy atom. The molecule has 2 bridgehead atoms. The van der Waals surface area contributed by atoms with Gasteiger partial charge in [0.15, 0.2) is 0 Å². The van der Waals surface area contributed by atoms with Crippen molar-refractivity contribution in [2.24, 2.45) is 11.8 Å². The molecule has 3 aliphatic rings. The highest BCUT2D eigenvalue weighted by molar-refractivity contribution is 5.30. The summed E-state index contributed by atoms with van der Waals surface area (Å²) in [5, 5.41) is 3.95. The Morgan fingerprint density at radius 2 is 1.84 bits per heavy atom. The molecule has 2 heterocycles. The van der Waals surface area contributed by atoms with Crippen molar-refractivity contribution in [1.82, 2.24) is 5.32 Å². The molecule has 2 aliphatic heterocycles. The van der Waals surface area contributed by atoms with Crippen LogP contribution >= 0.6 is 0 Å². The van der Waals surface area contributed by atoms with E-state index in [1.165, 1.54) is 38.5 Å². The van der Waals surface area contributed by atoms with E-state index in [0.717, 1.165) is 23.9 Å². The van der Waals surface area contributed by atoms with Gasteiger partial charge in [-0.05, 0) is 61.5 Å². The van der Waals surface area contributed by atoms with Gasteiger partial charge in [0.1, 0.15) is 0 Å². The van der Waals surface area contributed by atoms with Crippen LogP contribution in [0.1, 0.15) is 50.7 Å². The molecule has 0 saturated carbocycles. The van der Waals surface area contributed by atoms with Crippen molar-refractivity contribution in [2.75, 3.05) is 0 Å². The van der Waals surface area contributed by atoms with Crippen molar-refractivity contribution in [3.63, 3.8) is 0 Å². The van der Waals surface area contributed by atoms with E-state index in [0.29, 0.717) is 0 Å². The Balaban J connectivity index is 1.77. The zero-order valence-corrected chi connectivity index (χ0v) is 12.4. The molecule has 1 heteroatoms. The SMILES string of the molecule is CC(C)CC[C@H]1N[C@H]2CC[C@@H]1Cc1ccccc1C2. The molecule has 0 unspecified atom stereocenters. The van der Waals surface area contributed by atoms with E-state index in [-0.39, 0.29) is 0 Å². The topological polar surface area (TPSA) is 12.0 Å². The molecule has 0 spiro atoms. The molecule has 19 heavy (non-hydrogen) atoms. The second-order valence-corrected chi connectivity index (χ2v) is 6.96. The summed E-state index contributed by atoms with van der Waals surface area (Å²) < 4.78 is 0. The lowest BCUT2D eigenvalue weighted by Crippen LogP contribution is -2.50. The molecule has 1 aliphatic carbocycles. The minimum absolute atomic E-state index is 0.717. The van der Waals surface area contributed by atoms with Crippen LogP contribution in [-0.4, -0.2) is 12.1 Å². The molecule has 0 radical (unpaired) electrons. The third-order valence-corrected chi connectivity index (χ3v) is 5.03. The van der Waals surface area contributed by atoms with Crippen LogP contribution in [0.15, 0.2) is 24.3 Å². The van der Waals surface area contributed by atoms with Gasteiger partial charge in [-0.25, -0.2) is 0 Å². The fourth-order valence-corrected chi connectivity index (χ4v) is 3.88. The zero-order chi connectivity index (χ0) is 13.2. The van der Waals surface area contributed by atoms with Crippen LogP contribution in [0.25, 0.3) is 0 Å². The largest absolute Gasteiger partial charge is 0.311 e. The molecule has 104 valence electrons. The van der Waals surface area contributed by atoms with Gasteiger partial charge in [0.25, 0.3) is 0 Å². The first-order valence-corrected chi connectivity index (χ1v) is 8.05. The van der Waals surface area contributed by atoms with E-state index in [9.17, 15) is 0 Å². The Hall–Kier alpha value is -0.820. The van der Waals surface area contributed by atoms with Crippen LogP contribution in [-0.2, 0) is 12.8 Å². The molecular formula is C18H27N. The van der Waals surface area contributed by atoms with Crippen molar-refractivity contribution >= 4 is 0 Å². The predicted octanol–water partition coefficient (Wildman–Crippen LogP) is 3.96. The van der Waals surface area contributed by atoms with Gasteiger partial charge in [-0.1, -0.05) is 38.1 Å². The average molecular weight is 257 g/mol. The summed E-state index contributed by atoms with van der Waals surface area (Å²) in [5.41, 5.74) is 3.21. The molecule has 1 nitrogen and oxygen atoms in total. The number of fused-ring (bicyclic) bond motifs is 2. The van der Waals surface area contributed by atoms with Gasteiger partial charge in [0.05, 0.1) is 0 Å². The van der Waals surface area contributed by atoms with Crippen molar-refractivity contribution in [3.05, 3.63) is 35.4 Å². The van der Waals surface area contributed by atoms with E-state index in [1.54, 1.807) is 11.1 Å². The van der Waals surface area contributed by atoms with E-state index in [2.05, 4.69) is 43.4 Å². The smallest absolute Gasteiger partial charge is 0.0110 e. The summed E-state index contributed by atoms with van der Waals surface area (Å²) in [4.78, 5) is 0. The number of hydrogen-bond donors (Lipinski definition) is 1. The maximum Gasteiger partial charge on any atom is 0.0110 e. The highest BCUT2D eigenvalue weighted by Gasteiger charge is 2.32. The van der Waals surface area contributed by atoms with Crippen molar-refractivity contribution in [3.8, 4) is 0 Å². The van der Waals surface area contributed by atoms with Gasteiger partial charge in [0.2, 0.25) is 0 Å². The summed E-state index contributed by atoms with van der Waals surface area (Å²) in [7, 11) is 0. The molecular weight excluding hydrogens is 230 g/mol. The van der Waals surface area contributed by atoms with Gasteiger partial charge in [-0.15, -0.1) is 0 Å². The normalized spacial score (nSPS) is 29.9. The van der Waals surface area contributed by atoms with E-state index >= 15 is 0 Å². The van der Waals surface area contributed by atoms with Crippen LogP contribution in [0.5, 0.6) is 0 Å². The first kappa shape index (κ1) is 13.2.